The molecule has 8 heteroatoms. The Kier molecular flexibility index (Phi) is 4.39. The molecule has 0 aliphatic rings. The number of halogens is 3. The molecule has 1 aromatic heterocycles. The lowest BCUT2D eigenvalue weighted by molar-refractivity contribution is -0.137. The van der Waals surface area contributed by atoms with Crippen molar-refractivity contribution in [2.24, 2.45) is 0 Å². The molecule has 0 saturated carbocycles. The van der Waals surface area contributed by atoms with Crippen molar-refractivity contribution in [3.8, 4) is 11.5 Å². The van der Waals surface area contributed by atoms with E-state index in [4.69, 9.17) is 4.42 Å². The molecular weight excluding hydrogens is 299 g/mol. The third-order valence-electron chi connectivity index (χ3n) is 2.74. The SMILES string of the molecule is Cc1coc(-c2cccc(NC(=O)N(C)CC(F)(F)F)c2)n1. The fraction of sp³-hybridized carbons (Fsp3) is 0.286. The summed E-state index contributed by atoms with van der Waals surface area (Å²) < 4.78 is 42.0. The second-order valence-corrected chi connectivity index (χ2v) is 4.78. The van der Waals surface area contributed by atoms with E-state index in [0.717, 1.165) is 7.05 Å². The molecule has 0 aliphatic carbocycles. The van der Waals surface area contributed by atoms with Crippen LogP contribution in [0, 0.1) is 6.92 Å². The maximum atomic E-state index is 12.3. The Labute approximate surface area is 124 Å². The van der Waals surface area contributed by atoms with Crippen LogP contribution in [-0.2, 0) is 0 Å². The molecule has 2 amide bonds. The van der Waals surface area contributed by atoms with Crippen LogP contribution in [0.4, 0.5) is 23.7 Å². The number of aryl methyl sites for hydroxylation is 1. The van der Waals surface area contributed by atoms with Crippen LogP contribution in [0.1, 0.15) is 5.69 Å². The molecule has 5 nitrogen and oxygen atoms in total. The van der Waals surface area contributed by atoms with Gasteiger partial charge in [0.1, 0.15) is 12.8 Å². The number of hydrogen-bond donors (Lipinski definition) is 1. The van der Waals surface area contributed by atoms with Gasteiger partial charge in [-0.25, -0.2) is 9.78 Å². The van der Waals surface area contributed by atoms with Crippen molar-refractivity contribution in [1.29, 1.82) is 0 Å². The number of aromatic nitrogens is 1. The van der Waals surface area contributed by atoms with Crippen molar-refractivity contribution < 1.29 is 22.4 Å². The number of carbonyl (C=O) groups excluding carboxylic acids is 1. The average molecular weight is 313 g/mol. The largest absolute Gasteiger partial charge is 0.444 e. The van der Waals surface area contributed by atoms with Crippen molar-refractivity contribution in [3.63, 3.8) is 0 Å². The predicted molar refractivity (Wildman–Crippen MR) is 74.4 cm³/mol. The lowest BCUT2D eigenvalue weighted by Gasteiger charge is -2.19. The molecule has 0 aliphatic heterocycles. The molecule has 1 N–H and O–H groups in total. The van der Waals surface area contributed by atoms with Crippen LogP contribution in [0.15, 0.2) is 34.9 Å². The van der Waals surface area contributed by atoms with Crippen molar-refractivity contribution in [2.75, 3.05) is 18.9 Å². The summed E-state index contributed by atoms with van der Waals surface area (Å²) in [6.07, 6.45) is -2.96. The van der Waals surface area contributed by atoms with Crippen LogP contribution >= 0.6 is 0 Å². The van der Waals surface area contributed by atoms with Gasteiger partial charge < -0.3 is 14.6 Å². The van der Waals surface area contributed by atoms with E-state index in [1.807, 2.05) is 0 Å². The fourth-order valence-corrected chi connectivity index (χ4v) is 1.78. The van der Waals surface area contributed by atoms with E-state index in [1.165, 1.54) is 6.26 Å². The average Bonchev–Trinajstić information content (AvgIpc) is 2.84. The third-order valence-corrected chi connectivity index (χ3v) is 2.74. The number of alkyl halides is 3. The highest BCUT2D eigenvalue weighted by atomic mass is 19.4. The summed E-state index contributed by atoms with van der Waals surface area (Å²) in [6, 6.07) is 5.66. The Hall–Kier alpha value is -2.51. The number of nitrogens with zero attached hydrogens (tertiary/aromatic N) is 2. The van der Waals surface area contributed by atoms with Gasteiger partial charge in [0.05, 0.1) is 5.69 Å². The zero-order chi connectivity index (χ0) is 16.3. The second-order valence-electron chi connectivity index (χ2n) is 4.78. The van der Waals surface area contributed by atoms with Gasteiger partial charge in [-0.3, -0.25) is 0 Å². The van der Waals surface area contributed by atoms with E-state index >= 15 is 0 Å². The zero-order valence-corrected chi connectivity index (χ0v) is 11.9. The van der Waals surface area contributed by atoms with E-state index in [-0.39, 0.29) is 0 Å². The van der Waals surface area contributed by atoms with E-state index in [0.29, 0.717) is 27.7 Å². The third kappa shape index (κ3) is 4.24. The van der Waals surface area contributed by atoms with Gasteiger partial charge in [0, 0.05) is 18.3 Å². The smallest absolute Gasteiger partial charge is 0.406 e. The molecule has 2 rings (SSSR count). The number of hydrogen-bond acceptors (Lipinski definition) is 3. The number of oxazole rings is 1. The number of benzene rings is 1. The topological polar surface area (TPSA) is 58.4 Å². The van der Waals surface area contributed by atoms with Crippen LogP contribution in [0.5, 0.6) is 0 Å². The normalized spacial score (nSPS) is 11.3. The second kappa shape index (κ2) is 6.08. The molecule has 1 heterocycles. The van der Waals surface area contributed by atoms with E-state index < -0.39 is 18.8 Å². The predicted octanol–water partition coefficient (Wildman–Crippen LogP) is 3.68. The number of anilines is 1. The zero-order valence-electron chi connectivity index (χ0n) is 11.9. The van der Waals surface area contributed by atoms with Crippen LogP contribution < -0.4 is 5.32 Å². The first-order valence-electron chi connectivity index (χ1n) is 6.36. The van der Waals surface area contributed by atoms with Gasteiger partial charge in [-0.2, -0.15) is 13.2 Å². The molecule has 0 spiro atoms. The number of urea groups is 1. The lowest BCUT2D eigenvalue weighted by Crippen LogP contribution is -2.38. The first-order valence-corrected chi connectivity index (χ1v) is 6.36. The minimum Gasteiger partial charge on any atom is -0.444 e. The molecule has 0 bridgehead atoms. The van der Waals surface area contributed by atoms with Crippen LogP contribution in [0.25, 0.3) is 11.5 Å². The highest BCUT2D eigenvalue weighted by Crippen LogP contribution is 2.22. The molecule has 1 aromatic carbocycles. The summed E-state index contributed by atoms with van der Waals surface area (Å²) in [6.45, 7) is 0.447. The van der Waals surface area contributed by atoms with Crippen LogP contribution in [0.3, 0.4) is 0 Å². The minimum absolute atomic E-state index is 0.354. The summed E-state index contributed by atoms with van der Waals surface area (Å²) in [5.74, 6) is 0.372. The maximum Gasteiger partial charge on any atom is 0.406 e. The fourth-order valence-electron chi connectivity index (χ4n) is 1.78. The quantitative estimate of drug-likeness (QED) is 0.940. The van der Waals surface area contributed by atoms with Gasteiger partial charge in [-0.1, -0.05) is 6.07 Å². The van der Waals surface area contributed by atoms with E-state index in [2.05, 4.69) is 10.3 Å². The molecule has 0 atom stereocenters. The van der Waals surface area contributed by atoms with Crippen LogP contribution in [0.2, 0.25) is 0 Å². The van der Waals surface area contributed by atoms with Crippen LogP contribution in [-0.4, -0.2) is 35.7 Å². The van der Waals surface area contributed by atoms with Crippen molar-refractivity contribution in [3.05, 3.63) is 36.2 Å². The standard InChI is InChI=1S/C14H14F3N3O2/c1-9-7-22-12(18-9)10-4-3-5-11(6-10)19-13(21)20(2)8-14(15,16)17/h3-7H,8H2,1-2H3,(H,19,21). The van der Waals surface area contributed by atoms with E-state index in [1.54, 1.807) is 31.2 Å². The Morgan fingerprint density at radius 3 is 2.73 bits per heavy atom. The number of amides is 2. The monoisotopic (exact) mass is 313 g/mol. The summed E-state index contributed by atoms with van der Waals surface area (Å²) in [4.78, 5) is 16.4. The summed E-state index contributed by atoms with van der Waals surface area (Å²) in [5.41, 5.74) is 1.67. The molecule has 118 valence electrons. The first kappa shape index (κ1) is 15.9. The van der Waals surface area contributed by atoms with Gasteiger partial charge in [0.2, 0.25) is 5.89 Å². The van der Waals surface area contributed by atoms with Gasteiger partial charge in [0.15, 0.2) is 0 Å². The highest BCUT2D eigenvalue weighted by molar-refractivity contribution is 5.89. The molecule has 0 unspecified atom stereocenters. The van der Waals surface area contributed by atoms with Crippen molar-refractivity contribution in [1.82, 2.24) is 9.88 Å². The molecule has 2 aromatic rings. The summed E-state index contributed by atoms with van der Waals surface area (Å²) in [7, 11) is 1.07. The van der Waals surface area contributed by atoms with E-state index in [9.17, 15) is 18.0 Å². The Morgan fingerprint density at radius 2 is 2.14 bits per heavy atom. The molecule has 0 fully saturated rings. The van der Waals surface area contributed by atoms with Gasteiger partial charge >= 0.3 is 12.2 Å². The summed E-state index contributed by atoms with van der Waals surface area (Å²) in [5, 5.41) is 2.40. The lowest BCUT2D eigenvalue weighted by atomic mass is 10.2. The molecular formula is C14H14F3N3O2. The number of nitrogens with one attached hydrogen (secondary N) is 1. The summed E-state index contributed by atoms with van der Waals surface area (Å²) >= 11 is 0. The van der Waals surface area contributed by atoms with Crippen molar-refractivity contribution in [2.45, 2.75) is 13.1 Å². The first-order chi connectivity index (χ1) is 10.2. The molecule has 0 saturated heterocycles. The Bertz CT molecular complexity index is 667. The number of rotatable bonds is 3. The maximum absolute atomic E-state index is 12.3. The van der Waals surface area contributed by atoms with Gasteiger partial charge in [-0.05, 0) is 25.1 Å². The highest BCUT2D eigenvalue weighted by Gasteiger charge is 2.31. The Balaban J connectivity index is 2.09. The molecule has 22 heavy (non-hydrogen) atoms. The Morgan fingerprint density at radius 1 is 1.41 bits per heavy atom. The van der Waals surface area contributed by atoms with Gasteiger partial charge in [-0.15, -0.1) is 0 Å². The minimum atomic E-state index is -4.44. The van der Waals surface area contributed by atoms with Crippen molar-refractivity contribution >= 4 is 11.7 Å². The molecule has 0 radical (unpaired) electrons. The van der Waals surface area contributed by atoms with Gasteiger partial charge in [0.25, 0.3) is 0 Å². The number of carbonyl (C=O) groups is 1.